The van der Waals surface area contributed by atoms with Gasteiger partial charge in [0.2, 0.25) is 17.5 Å². The maximum atomic E-state index is 13.7. The maximum Gasteiger partial charge on any atom is 0.336 e. The van der Waals surface area contributed by atoms with Gasteiger partial charge in [-0.3, -0.25) is 48.1 Å². The van der Waals surface area contributed by atoms with Gasteiger partial charge < -0.3 is 114 Å². The third kappa shape index (κ3) is 19.8. The number of amidine groups is 1. The van der Waals surface area contributed by atoms with E-state index >= 15 is 0 Å². The maximum absolute atomic E-state index is 13.7. The molecule has 1 aliphatic carbocycles. The quantitative estimate of drug-likeness (QED) is 0.00643. The number of aromatic carboxylic acids is 1. The van der Waals surface area contributed by atoms with Crippen LogP contribution in [0.5, 0.6) is 5.75 Å². The van der Waals surface area contributed by atoms with E-state index in [4.69, 9.17) is 4.42 Å². The third-order valence-electron chi connectivity index (χ3n) is 18.9. The van der Waals surface area contributed by atoms with Crippen molar-refractivity contribution in [3.05, 3.63) is 202 Å². The molecular formula is C79H84N24O15S. The highest BCUT2D eigenvalue weighted by Crippen LogP contribution is 2.43. The van der Waals surface area contributed by atoms with Crippen molar-refractivity contribution in [3.63, 3.8) is 0 Å². The fourth-order valence-corrected chi connectivity index (χ4v) is 13.4. The Kier molecular flexibility index (Phi) is 25.0. The lowest BCUT2D eigenvalue weighted by Gasteiger charge is -2.17. The van der Waals surface area contributed by atoms with Crippen molar-refractivity contribution in [1.29, 1.82) is 0 Å². The van der Waals surface area contributed by atoms with E-state index < -0.39 is 65.2 Å². The molecule has 0 saturated carbocycles. The summed E-state index contributed by atoms with van der Waals surface area (Å²) in [6, 6.07) is 19.8. The Balaban J connectivity index is 0.562. The SMILES string of the molecule is CC(O)=N[C@H](CCNC(=O)c1cc(NC(=O)c2cc(NC(=O)c3nc(NC(=O)c4nccn4C)cn3C)cn2C)cn1C)C(O)=Nc1cn(C)c(C(=O)Nc2cc(C(=O)Nc3cc(C(=O)Nc4cc(C(=O)NCCCN(C)CCCN=C(S)Nc5ccc(-c6c7ccc(=O)cc-7oc7cc(O)ccc67)c(C(=O)O)c5)n(C)c4)n(C)c3)n(C)c2)n1. The molecule has 0 fully saturated rings. The summed E-state index contributed by atoms with van der Waals surface area (Å²) in [4.78, 5) is 160. The van der Waals surface area contributed by atoms with E-state index in [1.807, 2.05) is 7.05 Å². The largest absolute Gasteiger partial charge is 0.508 e. The van der Waals surface area contributed by atoms with Crippen LogP contribution in [-0.4, -0.2) is 193 Å². The molecule has 12 rings (SSSR count). The molecular weight excluding hydrogens is 1560 g/mol. The minimum Gasteiger partial charge on any atom is -0.508 e. The molecule has 119 heavy (non-hydrogen) atoms. The lowest BCUT2D eigenvalue weighted by Crippen LogP contribution is -2.30. The van der Waals surface area contributed by atoms with Gasteiger partial charge in [0, 0.05) is 167 Å². The zero-order valence-electron chi connectivity index (χ0n) is 65.9. The Morgan fingerprint density at radius 1 is 0.521 bits per heavy atom. The lowest BCUT2D eigenvalue weighted by molar-refractivity contribution is 0.0695. The number of aliphatic hydroxyl groups is 2. The number of aromatic hydroxyl groups is 1. The minimum atomic E-state index is -1.19. The summed E-state index contributed by atoms with van der Waals surface area (Å²) in [6.45, 7) is 3.29. The number of phenols is 1. The van der Waals surface area contributed by atoms with Crippen LogP contribution < -0.4 is 53.3 Å². The van der Waals surface area contributed by atoms with Crippen LogP contribution in [0.3, 0.4) is 0 Å². The molecule has 1 aliphatic heterocycles. The molecule has 0 bridgehead atoms. The topological polar surface area (TPSA) is 491 Å². The standard InChI is InChI=1S/C79H84N24O15S/c1-42(104)84-55(19-22-82-71(109)57-29-45(36-98(57)5)86-73(111)59-31-48(39-100(59)7)89-77(115)68-92-64(41-103(68)10)94-75(113)66-80-23-26-96(66)3)69(107)93-63-40-102(9)67(91-63)76(114)88-47-32-60(101(8)38-47)74(112)87-46-30-58(99(6)37-46)72(110)85-44-28-56(97(4)35-44)70(108)81-20-11-24-95(2)25-12-21-83-79(119)90-43-13-16-51(54(27-43)78(116)117)65-52-17-14-49(105)33-61(52)118-62-34-50(106)15-18-53(62)65/h13-18,23,26-41,55,105H,11-12,19-22,24-25H2,1-10H3,(H,81,108)(H,82,109)(H,84,104)(H,85,110)(H,86,111)(H,87,112)(H,88,114)(H,89,115)(H,93,107)(H,94,113)(H,116,117)(H2,83,90,119)/t55-/m1/s1. The molecule has 0 spiro atoms. The summed E-state index contributed by atoms with van der Waals surface area (Å²) >= 11 is 4.51. The molecule has 8 amide bonds. The van der Waals surface area contributed by atoms with Gasteiger partial charge in [0.15, 0.2) is 34.0 Å². The summed E-state index contributed by atoms with van der Waals surface area (Å²) in [5.41, 5.74) is 4.06. The van der Waals surface area contributed by atoms with E-state index in [0.29, 0.717) is 78.2 Å². The first kappa shape index (κ1) is 83.3. The van der Waals surface area contributed by atoms with Crippen LogP contribution in [0.15, 0.2) is 165 Å². The van der Waals surface area contributed by atoms with Crippen molar-refractivity contribution < 1.29 is 68.0 Å². The number of hydrogen-bond acceptors (Lipinski definition) is 19. The van der Waals surface area contributed by atoms with Gasteiger partial charge in [-0.25, -0.2) is 24.7 Å². The van der Waals surface area contributed by atoms with Crippen molar-refractivity contribution in [2.45, 2.75) is 32.2 Å². The van der Waals surface area contributed by atoms with Gasteiger partial charge in [-0.05, 0) is 112 Å². The van der Waals surface area contributed by atoms with Crippen molar-refractivity contribution in [2.75, 3.05) is 77.0 Å². The molecule has 8 aromatic heterocycles. The van der Waals surface area contributed by atoms with Crippen LogP contribution >= 0.6 is 12.6 Å². The number of aliphatic hydroxyl groups excluding tert-OH is 2. The predicted octanol–water partition coefficient (Wildman–Crippen LogP) is 7.97. The van der Waals surface area contributed by atoms with Crippen LogP contribution in [0.25, 0.3) is 33.4 Å². The minimum absolute atomic E-state index is 0.0275. The highest BCUT2D eigenvalue weighted by atomic mass is 32.1. The highest BCUT2D eigenvalue weighted by molar-refractivity contribution is 7.97. The smallest absolute Gasteiger partial charge is 0.336 e. The van der Waals surface area contributed by atoms with Gasteiger partial charge in [-0.1, -0.05) is 6.07 Å². The number of carboxylic acids is 1. The second-order valence-corrected chi connectivity index (χ2v) is 28.4. The Morgan fingerprint density at radius 3 is 1.56 bits per heavy atom. The number of anilines is 7. The first-order valence-electron chi connectivity index (χ1n) is 36.8. The van der Waals surface area contributed by atoms with Crippen LogP contribution in [-0.2, 0) is 56.4 Å². The molecule has 0 radical (unpaired) electrons. The zero-order valence-corrected chi connectivity index (χ0v) is 66.8. The normalized spacial score (nSPS) is 12.1. The number of benzene rings is 3. The van der Waals surface area contributed by atoms with E-state index in [1.54, 1.807) is 103 Å². The summed E-state index contributed by atoms with van der Waals surface area (Å²) in [6.07, 6.45) is 14.8. The van der Waals surface area contributed by atoms with Crippen LogP contribution in [0, 0.1) is 0 Å². The number of fused-ring (bicyclic) bond motifs is 2. The number of rotatable bonds is 31. The number of thiol groups is 1. The number of phenolic OH excluding ortho intramolecular Hbond substituents is 1. The number of nitrogens with zero attached hydrogens (tertiary/aromatic N) is 15. The van der Waals surface area contributed by atoms with E-state index in [-0.39, 0.29) is 127 Å². The summed E-state index contributed by atoms with van der Waals surface area (Å²) in [7, 11) is 14.8. The van der Waals surface area contributed by atoms with E-state index in [1.165, 1.54) is 138 Å². The molecule has 2 aliphatic rings. The first-order chi connectivity index (χ1) is 56.7. The molecule has 2 aromatic carbocycles. The molecule has 40 heteroatoms. The Morgan fingerprint density at radius 2 is 1.03 bits per heavy atom. The van der Waals surface area contributed by atoms with E-state index in [9.17, 15) is 68.4 Å². The Hall–Kier alpha value is -15.1. The number of imidazole rings is 3. The number of aryl methyl sites for hydroxylation is 8. The number of carbonyl (C=O) groups is 9. The molecule has 13 N–H and O–H groups in total. The van der Waals surface area contributed by atoms with E-state index in [2.05, 4.69) is 95.3 Å². The summed E-state index contributed by atoms with van der Waals surface area (Å²) < 4.78 is 17.8. The summed E-state index contributed by atoms with van der Waals surface area (Å²) in [5.74, 6) is -6.47. The first-order valence-corrected chi connectivity index (χ1v) is 37.2. The molecule has 39 nitrogen and oxygen atoms in total. The van der Waals surface area contributed by atoms with Crippen molar-refractivity contribution in [3.8, 4) is 28.2 Å². The van der Waals surface area contributed by atoms with Gasteiger partial charge in [-0.2, -0.15) is 4.99 Å². The van der Waals surface area contributed by atoms with Gasteiger partial charge in [-0.15, -0.1) is 12.6 Å². The number of nitrogens with one attached hydrogen (secondary N) is 9. The number of carboxylic acid groups (broad SMARTS) is 1. The zero-order chi connectivity index (χ0) is 85.4. The van der Waals surface area contributed by atoms with Crippen molar-refractivity contribution in [1.82, 2.24) is 67.0 Å². The van der Waals surface area contributed by atoms with Crippen LogP contribution in [0.1, 0.15) is 121 Å². The number of aromatic nitrogens is 11. The van der Waals surface area contributed by atoms with Gasteiger partial charge in [0.05, 0.1) is 40.2 Å². The Bertz CT molecular complexity index is 6110. The van der Waals surface area contributed by atoms with Gasteiger partial charge in [0.1, 0.15) is 51.6 Å². The highest BCUT2D eigenvalue weighted by Gasteiger charge is 2.28. The number of amides is 8. The van der Waals surface area contributed by atoms with Crippen molar-refractivity contribution >= 4 is 140 Å². The van der Waals surface area contributed by atoms with E-state index in [0.717, 1.165) is 0 Å². The lowest BCUT2D eigenvalue weighted by atomic mass is 9.90. The molecule has 0 unspecified atom stereocenters. The second kappa shape index (κ2) is 35.7. The average molecular weight is 1640 g/mol. The summed E-state index contributed by atoms with van der Waals surface area (Å²) in [5, 5.41) is 67.9. The van der Waals surface area contributed by atoms with Crippen LogP contribution in [0.4, 0.5) is 45.8 Å². The number of hydrogen-bond donors (Lipinski definition) is 14. The molecule has 0 saturated heterocycles. The predicted molar refractivity (Wildman–Crippen MR) is 448 cm³/mol. The Labute approximate surface area is 682 Å². The third-order valence-corrected chi connectivity index (χ3v) is 19.1. The average Bonchev–Trinajstić information content (AvgIpc) is 1.36. The monoisotopic (exact) mass is 1640 g/mol. The molecule has 616 valence electrons. The second-order valence-electron chi connectivity index (χ2n) is 28.0. The van der Waals surface area contributed by atoms with Gasteiger partial charge >= 0.3 is 5.97 Å². The number of aliphatic imine (C=N–C) groups is 3. The van der Waals surface area contributed by atoms with Crippen molar-refractivity contribution in [2.24, 2.45) is 71.4 Å². The van der Waals surface area contributed by atoms with Gasteiger partial charge in [0.25, 0.3) is 47.3 Å². The molecule has 10 aromatic rings. The fraction of sp³-hybridized carbons (Fsp3) is 0.241. The molecule has 1 atom stereocenters. The number of carbonyl (C=O) groups excluding carboxylic acids is 8. The fourth-order valence-electron chi connectivity index (χ4n) is 13.2. The van der Waals surface area contributed by atoms with Crippen LogP contribution in [0.2, 0.25) is 0 Å². The molecule has 9 heterocycles.